The van der Waals surface area contributed by atoms with Crippen molar-refractivity contribution in [1.82, 2.24) is 19.4 Å². The lowest BCUT2D eigenvalue weighted by Gasteiger charge is -2.26. The molecule has 32 heavy (non-hydrogen) atoms. The van der Waals surface area contributed by atoms with Crippen LogP contribution in [0.3, 0.4) is 0 Å². The zero-order chi connectivity index (χ0) is 22.5. The predicted octanol–water partition coefficient (Wildman–Crippen LogP) is 1.02. The number of rotatable bonds is 8. The summed E-state index contributed by atoms with van der Waals surface area (Å²) in [4.78, 5) is 40.5. The van der Waals surface area contributed by atoms with Crippen LogP contribution in [0.15, 0.2) is 23.0 Å². The van der Waals surface area contributed by atoms with Gasteiger partial charge in [0.2, 0.25) is 5.91 Å². The number of methoxy groups -OCH3 is 1. The van der Waals surface area contributed by atoms with Gasteiger partial charge < -0.3 is 20.5 Å². The summed E-state index contributed by atoms with van der Waals surface area (Å²) in [6.45, 7) is 7.66. The summed E-state index contributed by atoms with van der Waals surface area (Å²) >= 11 is 0. The maximum absolute atomic E-state index is 13.3. The highest BCUT2D eigenvalue weighted by Crippen LogP contribution is 2.25. The second kappa shape index (κ2) is 11.3. The number of carbonyl (C=O) groups is 2. The molecule has 2 atom stereocenters. The third kappa shape index (κ3) is 5.25. The summed E-state index contributed by atoms with van der Waals surface area (Å²) in [5.74, 6) is -0.303. The van der Waals surface area contributed by atoms with Gasteiger partial charge in [0, 0.05) is 26.2 Å². The molecule has 0 radical (unpaired) electrons. The first-order chi connectivity index (χ1) is 14.9. The van der Waals surface area contributed by atoms with E-state index in [0.29, 0.717) is 49.5 Å². The topological polar surface area (TPSA) is 121 Å². The van der Waals surface area contributed by atoms with Crippen LogP contribution in [0.1, 0.15) is 20.3 Å². The van der Waals surface area contributed by atoms with Crippen LogP contribution in [0.5, 0.6) is 5.75 Å². The number of nitrogens with zero attached hydrogens (tertiary/aromatic N) is 3. The van der Waals surface area contributed by atoms with E-state index in [0.717, 1.165) is 17.7 Å². The standard InChI is InChI=1S/C21H31N5O5.ClH/c1-4-14(2)17(19(22)27)23-20(28)26-15-6-5-7-16(30-3)18(15)25(21(26)29)9-8-24-10-12-31-13-11-24;/h5-7,14,17H,4,8-13H2,1-3H3,(H2,22,27)(H,23,28);1H/t14-,17-;/m0./s1. The van der Waals surface area contributed by atoms with Gasteiger partial charge in [0.05, 0.1) is 25.8 Å². The van der Waals surface area contributed by atoms with Crippen molar-refractivity contribution in [3.8, 4) is 5.75 Å². The Kier molecular flexibility index (Phi) is 9.11. The molecule has 0 bridgehead atoms. The highest BCUT2D eigenvalue weighted by atomic mass is 35.5. The van der Waals surface area contributed by atoms with Gasteiger partial charge in [-0.1, -0.05) is 26.3 Å². The SMILES string of the molecule is CC[C@H](C)[C@H](NC(=O)n1c(=O)n(CCN2CCOCC2)c2c(OC)cccc21)C(N)=O.Cl. The largest absolute Gasteiger partial charge is 0.494 e. The van der Waals surface area contributed by atoms with Crippen LogP contribution < -0.4 is 21.5 Å². The molecule has 1 aromatic heterocycles. The highest BCUT2D eigenvalue weighted by molar-refractivity contribution is 5.94. The summed E-state index contributed by atoms with van der Waals surface area (Å²) in [5, 5.41) is 2.64. The van der Waals surface area contributed by atoms with Crippen molar-refractivity contribution in [3.05, 3.63) is 28.7 Å². The van der Waals surface area contributed by atoms with Crippen LogP contribution in [-0.4, -0.2) is 72.0 Å². The first-order valence-corrected chi connectivity index (χ1v) is 10.6. The van der Waals surface area contributed by atoms with E-state index in [1.807, 2.05) is 13.8 Å². The molecule has 11 heteroatoms. The molecule has 2 aromatic rings. The fourth-order valence-electron chi connectivity index (χ4n) is 3.84. The summed E-state index contributed by atoms with van der Waals surface area (Å²) in [6.07, 6.45) is 0.651. The quantitative estimate of drug-likeness (QED) is 0.595. The molecule has 1 saturated heterocycles. The van der Waals surface area contributed by atoms with Gasteiger partial charge in [0.15, 0.2) is 0 Å². The number of imidazole rings is 1. The molecule has 1 aliphatic heterocycles. The van der Waals surface area contributed by atoms with Gasteiger partial charge in [-0.25, -0.2) is 14.2 Å². The Bertz CT molecular complexity index is 998. The number of hydrogen-bond acceptors (Lipinski definition) is 6. The third-order valence-electron chi connectivity index (χ3n) is 5.88. The lowest BCUT2D eigenvalue weighted by molar-refractivity contribution is -0.120. The van der Waals surface area contributed by atoms with E-state index in [2.05, 4.69) is 10.2 Å². The second-order valence-corrected chi connectivity index (χ2v) is 7.77. The smallest absolute Gasteiger partial charge is 0.337 e. The second-order valence-electron chi connectivity index (χ2n) is 7.77. The monoisotopic (exact) mass is 469 g/mol. The molecule has 10 nitrogen and oxygen atoms in total. The Hall–Kier alpha value is -2.56. The molecule has 1 fully saturated rings. The number of benzene rings is 1. The van der Waals surface area contributed by atoms with Gasteiger partial charge in [0.1, 0.15) is 17.3 Å². The number of para-hydroxylation sites is 1. The van der Waals surface area contributed by atoms with Crippen molar-refractivity contribution in [2.75, 3.05) is 40.0 Å². The van der Waals surface area contributed by atoms with Crippen LogP contribution in [0.2, 0.25) is 0 Å². The van der Waals surface area contributed by atoms with Crippen molar-refractivity contribution in [2.24, 2.45) is 11.7 Å². The Labute approximate surface area is 193 Å². The van der Waals surface area contributed by atoms with Crippen LogP contribution in [0.25, 0.3) is 11.0 Å². The maximum Gasteiger partial charge on any atom is 0.337 e. The Morgan fingerprint density at radius 3 is 2.53 bits per heavy atom. The number of morpholine rings is 1. The highest BCUT2D eigenvalue weighted by Gasteiger charge is 2.27. The molecule has 2 heterocycles. The number of amides is 2. The number of aromatic nitrogens is 2. The van der Waals surface area contributed by atoms with E-state index >= 15 is 0 Å². The molecular weight excluding hydrogens is 438 g/mol. The predicted molar refractivity (Wildman–Crippen MR) is 124 cm³/mol. The first-order valence-electron chi connectivity index (χ1n) is 10.6. The fourth-order valence-corrected chi connectivity index (χ4v) is 3.84. The van der Waals surface area contributed by atoms with Crippen molar-refractivity contribution in [2.45, 2.75) is 32.9 Å². The van der Waals surface area contributed by atoms with Gasteiger partial charge >= 0.3 is 11.7 Å². The molecular formula is C21H32ClN5O5. The van der Waals surface area contributed by atoms with Crippen LogP contribution in [0.4, 0.5) is 4.79 Å². The average molecular weight is 470 g/mol. The molecule has 1 aliphatic rings. The molecule has 3 N–H and O–H groups in total. The third-order valence-corrected chi connectivity index (χ3v) is 5.88. The van der Waals surface area contributed by atoms with E-state index < -0.39 is 23.7 Å². The lowest BCUT2D eigenvalue weighted by Crippen LogP contribution is -2.51. The van der Waals surface area contributed by atoms with Crippen molar-refractivity contribution < 1.29 is 19.1 Å². The Balaban J connectivity index is 0.00000363. The van der Waals surface area contributed by atoms with E-state index in [4.69, 9.17) is 15.2 Å². The first kappa shape index (κ1) is 25.7. The number of nitrogens with two attached hydrogens (primary N) is 1. The van der Waals surface area contributed by atoms with Crippen molar-refractivity contribution in [1.29, 1.82) is 0 Å². The summed E-state index contributed by atoms with van der Waals surface area (Å²) in [5.41, 5.74) is 5.95. The number of nitrogens with one attached hydrogen (secondary N) is 1. The van der Waals surface area contributed by atoms with Gasteiger partial charge in [-0.15, -0.1) is 12.4 Å². The molecule has 0 saturated carbocycles. The van der Waals surface area contributed by atoms with Crippen molar-refractivity contribution >= 4 is 35.4 Å². The maximum atomic E-state index is 13.3. The zero-order valence-electron chi connectivity index (χ0n) is 18.7. The van der Waals surface area contributed by atoms with E-state index in [1.54, 1.807) is 22.8 Å². The van der Waals surface area contributed by atoms with E-state index in [9.17, 15) is 14.4 Å². The zero-order valence-corrected chi connectivity index (χ0v) is 19.5. The minimum atomic E-state index is -0.873. The minimum Gasteiger partial charge on any atom is -0.494 e. The van der Waals surface area contributed by atoms with E-state index in [1.165, 1.54) is 7.11 Å². The lowest BCUT2D eigenvalue weighted by atomic mass is 9.99. The van der Waals surface area contributed by atoms with Gasteiger partial charge in [-0.3, -0.25) is 14.3 Å². The van der Waals surface area contributed by atoms with E-state index in [-0.39, 0.29) is 18.3 Å². The molecule has 2 amide bonds. The number of ether oxygens (including phenoxy) is 2. The summed E-state index contributed by atoms with van der Waals surface area (Å²) in [6, 6.07) is 3.60. The Morgan fingerprint density at radius 2 is 1.94 bits per heavy atom. The number of primary amides is 1. The average Bonchev–Trinajstić information content (AvgIpc) is 3.07. The number of carbonyl (C=O) groups excluding carboxylic acids is 2. The summed E-state index contributed by atoms with van der Waals surface area (Å²) < 4.78 is 13.4. The van der Waals surface area contributed by atoms with Crippen LogP contribution in [0, 0.1) is 5.92 Å². The molecule has 1 aromatic carbocycles. The van der Waals surface area contributed by atoms with Crippen LogP contribution >= 0.6 is 12.4 Å². The molecule has 3 rings (SSSR count). The summed E-state index contributed by atoms with van der Waals surface area (Å²) in [7, 11) is 1.52. The normalized spacial score (nSPS) is 16.2. The molecule has 0 unspecified atom stereocenters. The molecule has 0 spiro atoms. The van der Waals surface area contributed by atoms with Gasteiger partial charge in [-0.2, -0.15) is 0 Å². The molecule has 178 valence electrons. The number of fused-ring (bicyclic) bond motifs is 1. The van der Waals surface area contributed by atoms with Gasteiger partial charge in [-0.05, 0) is 18.1 Å². The fraction of sp³-hybridized carbons (Fsp3) is 0.571. The Morgan fingerprint density at radius 1 is 1.25 bits per heavy atom. The minimum absolute atomic E-state index is 0. The number of halogens is 1. The van der Waals surface area contributed by atoms with Crippen LogP contribution in [-0.2, 0) is 16.1 Å². The van der Waals surface area contributed by atoms with Gasteiger partial charge in [0.25, 0.3) is 0 Å². The number of hydrogen-bond donors (Lipinski definition) is 2. The van der Waals surface area contributed by atoms with Crippen molar-refractivity contribution in [3.63, 3.8) is 0 Å². The molecule has 0 aliphatic carbocycles.